The van der Waals surface area contributed by atoms with Crippen molar-refractivity contribution in [2.75, 3.05) is 13.2 Å². The summed E-state index contributed by atoms with van der Waals surface area (Å²) in [6, 6.07) is 0.667. The Morgan fingerprint density at radius 3 is 1.08 bits per heavy atom. The highest BCUT2D eigenvalue weighted by Crippen LogP contribution is 2.40. The molecule has 4 N–H and O–H groups in total. The van der Waals surface area contributed by atoms with Crippen LogP contribution in [0.4, 0.5) is 26.3 Å². The average molecular weight is 540 g/mol. The molecule has 37 heavy (non-hydrogen) atoms. The van der Waals surface area contributed by atoms with Gasteiger partial charge in [0, 0.05) is 13.2 Å². The minimum absolute atomic E-state index is 0.0252. The van der Waals surface area contributed by atoms with E-state index in [-0.39, 0.29) is 12.1 Å². The van der Waals surface area contributed by atoms with Crippen LogP contribution in [0.3, 0.4) is 0 Å². The van der Waals surface area contributed by atoms with Gasteiger partial charge in [-0.2, -0.15) is 26.3 Å². The molecule has 202 valence electrons. The number of hydrogen-bond acceptors (Lipinski definition) is 5. The summed E-state index contributed by atoms with van der Waals surface area (Å²) in [5.74, 6) is -8.90. The molecule has 2 rings (SSSR count). The standard InChI is InChI=1S/C18H8F6O8.C4H10O/c19-17(20,21)9-3-5(1-7(13(25)26)11(9)15(29)30)6-2-8(14(27)28)12(16(31)32)10(4-6)18(22,23)24;1-3-5-4-2/h1-4H,(H,25,26)(H,27,28)(H,29,30)(H,31,32);3-4H2,1-2H3. The molecule has 0 heterocycles. The summed E-state index contributed by atoms with van der Waals surface area (Å²) < 4.78 is 85.1. The van der Waals surface area contributed by atoms with Gasteiger partial charge in [-0.25, -0.2) is 19.2 Å². The molecule has 0 bridgehead atoms. The van der Waals surface area contributed by atoms with Crippen molar-refractivity contribution < 1.29 is 70.7 Å². The lowest BCUT2D eigenvalue weighted by atomic mass is 9.90. The van der Waals surface area contributed by atoms with Crippen LogP contribution >= 0.6 is 0 Å². The quantitative estimate of drug-likeness (QED) is 0.345. The molecule has 0 fully saturated rings. The number of aromatic carboxylic acids is 4. The maximum atomic E-state index is 13.4. The molecule has 0 aliphatic heterocycles. The van der Waals surface area contributed by atoms with Crippen LogP contribution < -0.4 is 0 Å². The third-order valence-electron chi connectivity index (χ3n) is 4.52. The van der Waals surface area contributed by atoms with E-state index in [0.29, 0.717) is 12.1 Å². The van der Waals surface area contributed by atoms with Gasteiger partial charge in [-0.05, 0) is 49.2 Å². The van der Waals surface area contributed by atoms with Gasteiger partial charge in [-0.15, -0.1) is 0 Å². The molecular formula is C22H18F6O9. The lowest BCUT2D eigenvalue weighted by Gasteiger charge is -2.18. The second-order valence-electron chi connectivity index (χ2n) is 6.89. The summed E-state index contributed by atoms with van der Waals surface area (Å²) in [5, 5.41) is 36.3. The number of carboxylic acid groups (broad SMARTS) is 4. The van der Waals surface area contributed by atoms with Crippen LogP contribution in [0.5, 0.6) is 0 Å². The van der Waals surface area contributed by atoms with Gasteiger partial charge in [0.2, 0.25) is 0 Å². The first-order valence-electron chi connectivity index (χ1n) is 9.90. The van der Waals surface area contributed by atoms with E-state index in [0.717, 1.165) is 13.2 Å². The molecule has 0 saturated heterocycles. The minimum Gasteiger partial charge on any atom is -0.478 e. The number of alkyl halides is 6. The van der Waals surface area contributed by atoms with Crippen molar-refractivity contribution in [1.29, 1.82) is 0 Å². The van der Waals surface area contributed by atoms with E-state index in [1.165, 1.54) is 0 Å². The van der Waals surface area contributed by atoms with Crippen LogP contribution in [0.1, 0.15) is 66.4 Å². The molecule has 0 spiro atoms. The zero-order valence-electron chi connectivity index (χ0n) is 18.8. The molecule has 2 aromatic carbocycles. The van der Waals surface area contributed by atoms with E-state index in [9.17, 15) is 45.5 Å². The highest BCUT2D eigenvalue weighted by Gasteiger charge is 2.41. The number of hydrogen-bond donors (Lipinski definition) is 4. The van der Waals surface area contributed by atoms with Gasteiger partial charge in [-0.1, -0.05) is 0 Å². The monoisotopic (exact) mass is 540 g/mol. The van der Waals surface area contributed by atoms with E-state index < -0.39 is 80.7 Å². The Kier molecular flexibility index (Phi) is 9.79. The normalized spacial score (nSPS) is 11.4. The zero-order valence-corrected chi connectivity index (χ0v) is 18.8. The van der Waals surface area contributed by atoms with E-state index in [1.54, 1.807) is 0 Å². The number of benzene rings is 2. The van der Waals surface area contributed by atoms with Crippen molar-refractivity contribution in [1.82, 2.24) is 0 Å². The van der Waals surface area contributed by atoms with Gasteiger partial charge in [-0.3, -0.25) is 0 Å². The van der Waals surface area contributed by atoms with Gasteiger partial charge >= 0.3 is 36.2 Å². The van der Waals surface area contributed by atoms with Crippen molar-refractivity contribution in [3.05, 3.63) is 57.6 Å². The molecule has 0 atom stereocenters. The summed E-state index contributed by atoms with van der Waals surface area (Å²) in [7, 11) is 0. The number of halogens is 6. The highest BCUT2D eigenvalue weighted by molar-refractivity contribution is 6.06. The fraction of sp³-hybridized carbons (Fsp3) is 0.273. The van der Waals surface area contributed by atoms with Crippen molar-refractivity contribution in [2.45, 2.75) is 26.2 Å². The zero-order chi connectivity index (χ0) is 28.9. The third kappa shape index (κ3) is 7.42. The smallest absolute Gasteiger partial charge is 0.417 e. The molecular weight excluding hydrogens is 522 g/mol. The van der Waals surface area contributed by atoms with Crippen molar-refractivity contribution in [3.63, 3.8) is 0 Å². The van der Waals surface area contributed by atoms with Gasteiger partial charge in [0.05, 0.1) is 33.4 Å². The van der Waals surface area contributed by atoms with E-state index in [4.69, 9.17) is 25.2 Å². The van der Waals surface area contributed by atoms with E-state index in [2.05, 4.69) is 0 Å². The minimum atomic E-state index is -5.46. The van der Waals surface area contributed by atoms with Crippen LogP contribution in [-0.2, 0) is 17.1 Å². The molecule has 0 radical (unpaired) electrons. The van der Waals surface area contributed by atoms with Gasteiger partial charge in [0.15, 0.2) is 0 Å². The summed E-state index contributed by atoms with van der Waals surface area (Å²) in [5.41, 5.74) is -12.2. The van der Waals surface area contributed by atoms with Crippen molar-refractivity contribution in [2.24, 2.45) is 0 Å². The van der Waals surface area contributed by atoms with Crippen molar-refractivity contribution in [3.8, 4) is 11.1 Å². The number of carbonyl (C=O) groups is 4. The van der Waals surface area contributed by atoms with Crippen LogP contribution in [0.15, 0.2) is 24.3 Å². The Morgan fingerprint density at radius 1 is 0.622 bits per heavy atom. The first-order valence-corrected chi connectivity index (χ1v) is 9.90. The van der Waals surface area contributed by atoms with Crippen LogP contribution in [0.2, 0.25) is 0 Å². The topological polar surface area (TPSA) is 158 Å². The maximum absolute atomic E-state index is 13.4. The van der Waals surface area contributed by atoms with Crippen molar-refractivity contribution >= 4 is 23.9 Å². The van der Waals surface area contributed by atoms with Gasteiger partial charge < -0.3 is 25.2 Å². The molecule has 0 saturated carbocycles. The first kappa shape index (κ1) is 30.9. The molecule has 2 aromatic rings. The molecule has 0 unspecified atom stereocenters. The molecule has 9 nitrogen and oxygen atoms in total. The molecule has 0 aromatic heterocycles. The first-order chi connectivity index (χ1) is 16.9. The number of rotatable bonds is 7. The predicted molar refractivity (Wildman–Crippen MR) is 112 cm³/mol. The van der Waals surface area contributed by atoms with E-state index >= 15 is 0 Å². The summed E-state index contributed by atoms with van der Waals surface area (Å²) in [6.07, 6.45) is -10.9. The molecule has 0 amide bonds. The summed E-state index contributed by atoms with van der Waals surface area (Å²) >= 11 is 0. The fourth-order valence-electron chi connectivity index (χ4n) is 3.07. The molecule has 0 aliphatic carbocycles. The molecule has 0 aliphatic rings. The fourth-order valence-corrected chi connectivity index (χ4v) is 3.07. The number of carboxylic acids is 4. The molecule has 15 heteroatoms. The Balaban J connectivity index is 0.00000124. The van der Waals surface area contributed by atoms with Crippen LogP contribution in [0, 0.1) is 0 Å². The second-order valence-corrected chi connectivity index (χ2v) is 6.89. The lowest BCUT2D eigenvalue weighted by molar-refractivity contribution is -0.139. The second kappa shape index (κ2) is 11.7. The maximum Gasteiger partial charge on any atom is 0.417 e. The Hall–Kier alpha value is -4.14. The summed E-state index contributed by atoms with van der Waals surface area (Å²) in [4.78, 5) is 45.2. The highest BCUT2D eigenvalue weighted by atomic mass is 19.4. The average Bonchev–Trinajstić information content (AvgIpc) is 2.76. The predicted octanol–water partition coefficient (Wildman–Crippen LogP) is 5.23. The SMILES string of the molecule is CCOCC.O=C(O)c1cc(-c2cc(C(=O)O)c(C(=O)O)c(C(F)(F)F)c2)cc(C(F)(F)F)c1C(=O)O. The Labute approximate surface area is 203 Å². The van der Waals surface area contributed by atoms with E-state index in [1.807, 2.05) is 13.8 Å². The third-order valence-corrected chi connectivity index (χ3v) is 4.52. The Bertz CT molecular complexity index is 1120. The van der Waals surface area contributed by atoms with Gasteiger partial charge in [0.25, 0.3) is 0 Å². The van der Waals surface area contributed by atoms with Gasteiger partial charge in [0.1, 0.15) is 0 Å². The largest absolute Gasteiger partial charge is 0.478 e. The lowest BCUT2D eigenvalue weighted by Crippen LogP contribution is -2.19. The Morgan fingerprint density at radius 2 is 0.919 bits per heavy atom. The summed E-state index contributed by atoms with van der Waals surface area (Å²) in [6.45, 7) is 5.67. The number of ether oxygens (including phenoxy) is 1. The van der Waals surface area contributed by atoms with Crippen LogP contribution in [-0.4, -0.2) is 57.5 Å². The van der Waals surface area contributed by atoms with Crippen LogP contribution in [0.25, 0.3) is 11.1 Å².